The molecule has 0 rings (SSSR count). The molecule has 0 spiro atoms. The van der Waals surface area contributed by atoms with Gasteiger partial charge in [-0.25, -0.2) is 0 Å². The molecule has 0 aliphatic heterocycles. The maximum Gasteiger partial charge on any atom is 0.138 e. The number of nitrogens with two attached hydrogens (primary N) is 1. The van der Waals surface area contributed by atoms with E-state index in [0.717, 1.165) is 0 Å². The Hall–Kier alpha value is -0.420. The Morgan fingerprint density at radius 3 is 2.76 bits per heavy atom. The molecule has 0 saturated carbocycles. The van der Waals surface area contributed by atoms with Gasteiger partial charge in [0.1, 0.15) is 11.9 Å². The van der Waals surface area contributed by atoms with E-state index in [1.807, 2.05) is 4.90 Å². The Balaban J connectivity index is 4.14. The van der Waals surface area contributed by atoms with Crippen LogP contribution >= 0.6 is 23.2 Å². The molecule has 0 aliphatic carbocycles. The first kappa shape index (κ1) is 16.6. The van der Waals surface area contributed by atoms with Crippen molar-refractivity contribution in [2.75, 3.05) is 19.1 Å². The maximum atomic E-state index is 8.55. The third kappa shape index (κ3) is 8.32. The van der Waals surface area contributed by atoms with Gasteiger partial charge in [0.15, 0.2) is 0 Å². The molecule has 8 heteroatoms. The lowest BCUT2D eigenvalue weighted by atomic mass is 10.3. The van der Waals surface area contributed by atoms with Gasteiger partial charge in [-0.3, -0.25) is 15.5 Å². The quantitative estimate of drug-likeness (QED) is 0.201. The Kier molecular flexibility index (Phi) is 10.5. The van der Waals surface area contributed by atoms with Crippen LogP contribution in [-0.2, 0) is 0 Å². The van der Waals surface area contributed by atoms with Crippen molar-refractivity contribution in [3.63, 3.8) is 0 Å². The van der Waals surface area contributed by atoms with E-state index in [4.69, 9.17) is 39.6 Å². The van der Waals surface area contributed by atoms with Crippen LogP contribution in [0.4, 0.5) is 0 Å². The van der Waals surface area contributed by atoms with E-state index in [0.29, 0.717) is 25.9 Å². The van der Waals surface area contributed by atoms with Crippen molar-refractivity contribution in [3.8, 4) is 6.07 Å². The van der Waals surface area contributed by atoms with Crippen molar-refractivity contribution in [2.45, 2.75) is 24.8 Å². The van der Waals surface area contributed by atoms with Gasteiger partial charge >= 0.3 is 0 Å². The number of hydrogen-bond donors (Lipinski definition) is 4. The van der Waals surface area contributed by atoms with Crippen molar-refractivity contribution >= 4 is 29.4 Å². The molecule has 2 atom stereocenters. The molecule has 0 fully saturated rings. The lowest BCUT2D eigenvalue weighted by Crippen LogP contribution is -2.57. The molecule has 0 saturated heterocycles. The van der Waals surface area contributed by atoms with Gasteiger partial charge in [-0.2, -0.15) is 5.26 Å². The molecule has 0 aromatic carbocycles. The maximum absolute atomic E-state index is 8.55. The second-order valence-corrected chi connectivity index (χ2v) is 3.95. The predicted octanol–water partition coefficient (Wildman–Crippen LogP) is 0.382. The summed E-state index contributed by atoms with van der Waals surface area (Å²) < 4.78 is 0. The van der Waals surface area contributed by atoms with Crippen LogP contribution in [0.3, 0.4) is 0 Å². The van der Waals surface area contributed by atoms with Gasteiger partial charge in [-0.1, -0.05) is 11.6 Å². The fourth-order valence-electron chi connectivity index (χ4n) is 1.20. The number of hydrogen-bond acceptors (Lipinski definition) is 6. The van der Waals surface area contributed by atoms with Crippen LogP contribution in [0.25, 0.3) is 0 Å². The van der Waals surface area contributed by atoms with Gasteiger partial charge in [0.25, 0.3) is 0 Å². The highest BCUT2D eigenvalue weighted by Crippen LogP contribution is 1.97. The normalized spacial score (nSPS) is 14.3. The average Bonchev–Trinajstić information content (AvgIpc) is 2.29. The van der Waals surface area contributed by atoms with Crippen LogP contribution in [-0.4, -0.2) is 42.1 Å². The largest absolute Gasteiger partial charge is 0.313 e. The Labute approximate surface area is 112 Å². The van der Waals surface area contributed by atoms with E-state index in [1.165, 1.54) is 6.21 Å². The predicted molar refractivity (Wildman–Crippen MR) is 69.8 cm³/mol. The highest BCUT2D eigenvalue weighted by molar-refractivity contribution is 6.21. The molecular weight excluding hydrogens is 263 g/mol. The van der Waals surface area contributed by atoms with Crippen molar-refractivity contribution in [1.82, 2.24) is 15.5 Å². The van der Waals surface area contributed by atoms with Crippen LogP contribution in [0.15, 0.2) is 0 Å². The van der Waals surface area contributed by atoms with E-state index >= 15 is 0 Å². The van der Waals surface area contributed by atoms with Crippen LogP contribution < -0.4 is 16.4 Å². The first-order valence-corrected chi connectivity index (χ1v) is 6.17. The van der Waals surface area contributed by atoms with Gasteiger partial charge < -0.3 is 11.1 Å². The summed E-state index contributed by atoms with van der Waals surface area (Å²) in [5, 5.41) is 21.2. The zero-order chi connectivity index (χ0) is 13.1. The van der Waals surface area contributed by atoms with Crippen molar-refractivity contribution < 1.29 is 0 Å². The summed E-state index contributed by atoms with van der Waals surface area (Å²) in [6.07, 6.45) is 1.78. The summed E-state index contributed by atoms with van der Waals surface area (Å²) in [4.78, 5) is 1.85. The van der Waals surface area contributed by atoms with Gasteiger partial charge in [0.05, 0.1) is 12.1 Å². The molecule has 2 unspecified atom stereocenters. The minimum absolute atomic E-state index is 0.215. The monoisotopic (exact) mass is 280 g/mol. The topological polar surface area (TPSA) is 101 Å². The highest BCUT2D eigenvalue weighted by atomic mass is 35.5. The minimum atomic E-state index is -0.535. The molecule has 0 aromatic heterocycles. The molecule has 98 valence electrons. The smallest absolute Gasteiger partial charge is 0.138 e. The molecule has 0 radical (unpaired) electrons. The molecule has 5 N–H and O–H groups in total. The lowest BCUT2D eigenvalue weighted by Gasteiger charge is -2.30. The zero-order valence-corrected chi connectivity index (χ0v) is 11.0. The highest BCUT2D eigenvalue weighted by Gasteiger charge is 2.15. The fourth-order valence-corrected chi connectivity index (χ4v) is 1.64. The SMILES string of the molecule is N#CCCN(CCC=N)C(N)NC(Cl)NCCl. The molecule has 0 aromatic rings. The van der Waals surface area contributed by atoms with Gasteiger partial charge in [-0.05, 0) is 12.6 Å². The first-order valence-electron chi connectivity index (χ1n) is 5.20. The average molecular weight is 281 g/mol. The summed E-state index contributed by atoms with van der Waals surface area (Å²) in [7, 11) is 0. The van der Waals surface area contributed by atoms with Crippen LogP contribution in [0.5, 0.6) is 0 Å². The first-order chi connectivity index (χ1) is 8.15. The lowest BCUT2D eigenvalue weighted by molar-refractivity contribution is 0.170. The van der Waals surface area contributed by atoms with Gasteiger partial charge in [-0.15, -0.1) is 11.6 Å². The third-order valence-electron chi connectivity index (χ3n) is 2.04. The molecule has 6 nitrogen and oxygen atoms in total. The van der Waals surface area contributed by atoms with Crippen molar-refractivity contribution in [3.05, 3.63) is 0 Å². The second-order valence-electron chi connectivity index (χ2n) is 3.25. The zero-order valence-electron chi connectivity index (χ0n) is 9.50. The molecule has 0 amide bonds. The van der Waals surface area contributed by atoms with E-state index in [-0.39, 0.29) is 6.00 Å². The number of alkyl halides is 2. The Morgan fingerprint density at radius 2 is 2.24 bits per heavy atom. The van der Waals surface area contributed by atoms with E-state index in [2.05, 4.69) is 16.7 Å². The van der Waals surface area contributed by atoms with E-state index in [1.54, 1.807) is 0 Å². The Bertz CT molecular complexity index is 244. The Morgan fingerprint density at radius 1 is 1.53 bits per heavy atom. The van der Waals surface area contributed by atoms with Gasteiger partial charge in [0, 0.05) is 19.5 Å². The minimum Gasteiger partial charge on any atom is -0.313 e. The van der Waals surface area contributed by atoms with Crippen LogP contribution in [0.2, 0.25) is 0 Å². The summed E-state index contributed by atoms with van der Waals surface area (Å²) in [6, 6.07) is 2.27. The molecule has 0 heterocycles. The van der Waals surface area contributed by atoms with Crippen LogP contribution in [0, 0.1) is 16.7 Å². The third-order valence-corrected chi connectivity index (χ3v) is 2.47. The molecule has 0 aliphatic rings. The van der Waals surface area contributed by atoms with E-state index < -0.39 is 11.9 Å². The standard InChI is InChI=1S/C9H18Cl2N6/c10-7-15-8(11)16-9(14)17(5-1-3-12)6-2-4-13/h3,8-9,12,15-16H,1-2,5-7,14H2. The molecule has 0 bridgehead atoms. The summed E-state index contributed by atoms with van der Waals surface area (Å²) in [6.45, 7) is 1.13. The summed E-state index contributed by atoms with van der Waals surface area (Å²) in [5.74, 6) is 0. The number of rotatable bonds is 10. The van der Waals surface area contributed by atoms with Gasteiger partial charge in [0.2, 0.25) is 0 Å². The number of nitriles is 1. The fraction of sp³-hybridized carbons (Fsp3) is 0.778. The molecular formula is C9H18Cl2N6. The number of halogens is 2. The van der Waals surface area contributed by atoms with Crippen LogP contribution in [0.1, 0.15) is 12.8 Å². The van der Waals surface area contributed by atoms with E-state index in [9.17, 15) is 0 Å². The second kappa shape index (κ2) is 10.7. The number of nitrogens with one attached hydrogen (secondary N) is 3. The summed E-state index contributed by atoms with van der Waals surface area (Å²) in [5.41, 5.74) is 5.36. The van der Waals surface area contributed by atoms with Crippen molar-refractivity contribution in [2.24, 2.45) is 5.73 Å². The number of nitrogens with zero attached hydrogens (tertiary/aromatic N) is 2. The summed E-state index contributed by atoms with van der Waals surface area (Å²) >= 11 is 11.3. The molecule has 17 heavy (non-hydrogen) atoms. The van der Waals surface area contributed by atoms with Crippen molar-refractivity contribution in [1.29, 1.82) is 10.7 Å².